The van der Waals surface area contributed by atoms with Gasteiger partial charge in [0.15, 0.2) is 0 Å². The van der Waals surface area contributed by atoms with Gasteiger partial charge in [-0.05, 0) is 47.8 Å². The van der Waals surface area contributed by atoms with E-state index in [1.54, 1.807) is 11.1 Å². The molecule has 2 aliphatic rings. The Morgan fingerprint density at radius 1 is 0.952 bits per heavy atom. The molecule has 2 atom stereocenters. The number of hydrogen-bond donors (Lipinski definition) is 0. The van der Waals surface area contributed by atoms with Crippen LogP contribution >= 0.6 is 0 Å². The van der Waals surface area contributed by atoms with Gasteiger partial charge in [0.1, 0.15) is 0 Å². The molecular formula is C20H23N. The summed E-state index contributed by atoms with van der Waals surface area (Å²) in [7, 11) is 0. The average molecular weight is 277 g/mol. The molecule has 1 heteroatoms. The van der Waals surface area contributed by atoms with Gasteiger partial charge in [-0.2, -0.15) is 0 Å². The zero-order valence-corrected chi connectivity index (χ0v) is 13.2. The molecule has 0 amide bonds. The molecule has 1 aromatic carbocycles. The minimum Gasteiger partial charge on any atom is -0.260 e. The van der Waals surface area contributed by atoms with Crippen molar-refractivity contribution < 1.29 is 0 Å². The first-order chi connectivity index (χ1) is 10.1. The average Bonchev–Trinajstić information content (AvgIpc) is 3.08. The fourth-order valence-corrected chi connectivity index (χ4v) is 4.35. The Balaban J connectivity index is 1.97. The molecule has 1 nitrogen and oxygen atoms in total. The first kappa shape index (κ1) is 13.1. The topological polar surface area (TPSA) is 12.9 Å². The van der Waals surface area contributed by atoms with Crippen molar-refractivity contribution in [2.45, 2.75) is 57.3 Å². The molecule has 0 radical (unpaired) electrons. The SMILES string of the molecule is CC(C)(C)c1ncc(-c2ccccc2)c2c1C1CCC2C1. The molecule has 21 heavy (non-hydrogen) atoms. The smallest absolute Gasteiger partial charge is 0.0495 e. The molecule has 1 heterocycles. The molecule has 2 unspecified atom stereocenters. The van der Waals surface area contributed by atoms with E-state index in [9.17, 15) is 0 Å². The van der Waals surface area contributed by atoms with E-state index < -0.39 is 0 Å². The molecule has 0 aliphatic heterocycles. The van der Waals surface area contributed by atoms with Crippen LogP contribution in [0.3, 0.4) is 0 Å². The summed E-state index contributed by atoms with van der Waals surface area (Å²) in [5.41, 5.74) is 7.41. The van der Waals surface area contributed by atoms with Gasteiger partial charge in [0.2, 0.25) is 0 Å². The third kappa shape index (κ3) is 1.94. The van der Waals surface area contributed by atoms with Gasteiger partial charge in [-0.3, -0.25) is 4.98 Å². The molecule has 2 aliphatic carbocycles. The first-order valence-electron chi connectivity index (χ1n) is 8.14. The van der Waals surface area contributed by atoms with E-state index in [4.69, 9.17) is 4.98 Å². The summed E-state index contributed by atoms with van der Waals surface area (Å²) in [6.45, 7) is 6.89. The van der Waals surface area contributed by atoms with Crippen LogP contribution < -0.4 is 0 Å². The molecule has 1 fully saturated rings. The van der Waals surface area contributed by atoms with Crippen LogP contribution in [0.1, 0.15) is 68.7 Å². The van der Waals surface area contributed by atoms with Gasteiger partial charge in [-0.25, -0.2) is 0 Å². The van der Waals surface area contributed by atoms with Crippen molar-refractivity contribution >= 4 is 0 Å². The number of nitrogens with zero attached hydrogens (tertiary/aromatic N) is 1. The highest BCUT2D eigenvalue weighted by Crippen LogP contribution is 2.57. The van der Waals surface area contributed by atoms with Crippen molar-refractivity contribution in [3.05, 3.63) is 53.3 Å². The number of rotatable bonds is 1. The van der Waals surface area contributed by atoms with Crippen LogP contribution in [0.15, 0.2) is 36.5 Å². The maximum atomic E-state index is 4.92. The highest BCUT2D eigenvalue weighted by atomic mass is 14.7. The molecule has 0 spiro atoms. The number of benzene rings is 1. The molecule has 2 bridgehead atoms. The Kier molecular flexibility index (Phi) is 2.76. The van der Waals surface area contributed by atoms with Crippen LogP contribution in [-0.2, 0) is 5.41 Å². The summed E-state index contributed by atoms with van der Waals surface area (Å²) >= 11 is 0. The van der Waals surface area contributed by atoms with Crippen LogP contribution in [0.25, 0.3) is 11.1 Å². The number of fused-ring (bicyclic) bond motifs is 5. The van der Waals surface area contributed by atoms with Crippen LogP contribution in [-0.4, -0.2) is 4.98 Å². The molecule has 2 aromatic rings. The van der Waals surface area contributed by atoms with Crippen LogP contribution in [0.5, 0.6) is 0 Å². The Morgan fingerprint density at radius 3 is 2.29 bits per heavy atom. The standard InChI is InChI=1S/C20H23N/c1-20(2,3)19-18-15-10-9-14(11-15)17(18)16(12-21-19)13-7-5-4-6-8-13/h4-8,12,14-15H,9-11H2,1-3H3. The first-order valence-corrected chi connectivity index (χ1v) is 8.14. The van der Waals surface area contributed by atoms with Crippen LogP contribution in [0, 0.1) is 0 Å². The van der Waals surface area contributed by atoms with E-state index in [2.05, 4.69) is 57.3 Å². The summed E-state index contributed by atoms with van der Waals surface area (Å²) in [5.74, 6) is 1.53. The lowest BCUT2D eigenvalue weighted by Crippen LogP contribution is -2.19. The molecule has 0 saturated heterocycles. The lowest BCUT2D eigenvalue weighted by atomic mass is 9.79. The van der Waals surface area contributed by atoms with Crippen LogP contribution in [0.2, 0.25) is 0 Å². The second-order valence-electron chi connectivity index (χ2n) is 7.67. The highest BCUT2D eigenvalue weighted by Gasteiger charge is 2.42. The maximum absolute atomic E-state index is 4.92. The van der Waals surface area contributed by atoms with Gasteiger partial charge in [0, 0.05) is 22.9 Å². The predicted molar refractivity (Wildman–Crippen MR) is 87.7 cm³/mol. The van der Waals surface area contributed by atoms with Crippen molar-refractivity contribution in [3.8, 4) is 11.1 Å². The molecule has 0 N–H and O–H groups in total. The fourth-order valence-electron chi connectivity index (χ4n) is 4.35. The van der Waals surface area contributed by atoms with E-state index in [-0.39, 0.29) is 5.41 Å². The second kappa shape index (κ2) is 4.43. The minimum absolute atomic E-state index is 0.143. The van der Waals surface area contributed by atoms with Crippen molar-refractivity contribution in [1.82, 2.24) is 4.98 Å². The Bertz CT molecular complexity index is 679. The molecule has 108 valence electrons. The maximum Gasteiger partial charge on any atom is 0.0495 e. The summed E-state index contributed by atoms with van der Waals surface area (Å²) in [6, 6.07) is 10.8. The highest BCUT2D eigenvalue weighted by molar-refractivity contribution is 5.71. The molecule has 1 saturated carbocycles. The van der Waals surface area contributed by atoms with Crippen molar-refractivity contribution in [2.75, 3.05) is 0 Å². The van der Waals surface area contributed by atoms with Gasteiger partial charge >= 0.3 is 0 Å². The van der Waals surface area contributed by atoms with Crippen molar-refractivity contribution in [1.29, 1.82) is 0 Å². The summed E-state index contributed by atoms with van der Waals surface area (Å²) in [5, 5.41) is 0. The zero-order valence-electron chi connectivity index (χ0n) is 13.2. The van der Waals surface area contributed by atoms with Crippen LogP contribution in [0.4, 0.5) is 0 Å². The lowest BCUT2D eigenvalue weighted by molar-refractivity contribution is 0.548. The van der Waals surface area contributed by atoms with E-state index in [1.807, 2.05) is 0 Å². The van der Waals surface area contributed by atoms with Gasteiger partial charge < -0.3 is 0 Å². The minimum atomic E-state index is 0.143. The van der Waals surface area contributed by atoms with E-state index in [1.165, 1.54) is 36.1 Å². The van der Waals surface area contributed by atoms with Gasteiger partial charge in [-0.15, -0.1) is 0 Å². The Morgan fingerprint density at radius 2 is 1.62 bits per heavy atom. The third-order valence-corrected chi connectivity index (χ3v) is 5.20. The lowest BCUT2D eigenvalue weighted by Gasteiger charge is -2.28. The van der Waals surface area contributed by atoms with Gasteiger partial charge in [0.25, 0.3) is 0 Å². The fraction of sp³-hybridized carbons (Fsp3) is 0.450. The summed E-state index contributed by atoms with van der Waals surface area (Å²) in [6.07, 6.45) is 6.21. The quantitative estimate of drug-likeness (QED) is 0.679. The normalized spacial score (nSPS) is 23.4. The third-order valence-electron chi connectivity index (χ3n) is 5.20. The molecule has 4 rings (SSSR count). The second-order valence-corrected chi connectivity index (χ2v) is 7.67. The Hall–Kier alpha value is -1.63. The predicted octanol–water partition coefficient (Wildman–Crippen LogP) is 5.41. The van der Waals surface area contributed by atoms with Crippen molar-refractivity contribution in [3.63, 3.8) is 0 Å². The number of hydrogen-bond acceptors (Lipinski definition) is 1. The molecular weight excluding hydrogens is 254 g/mol. The van der Waals surface area contributed by atoms with E-state index in [0.717, 1.165) is 11.8 Å². The number of pyridine rings is 1. The monoisotopic (exact) mass is 277 g/mol. The van der Waals surface area contributed by atoms with Crippen molar-refractivity contribution in [2.24, 2.45) is 0 Å². The summed E-state index contributed by atoms with van der Waals surface area (Å²) < 4.78 is 0. The largest absolute Gasteiger partial charge is 0.260 e. The van der Waals surface area contributed by atoms with Gasteiger partial charge in [-0.1, -0.05) is 51.1 Å². The zero-order chi connectivity index (χ0) is 14.6. The summed E-state index contributed by atoms with van der Waals surface area (Å²) in [4.78, 5) is 4.92. The Labute approximate surface area is 127 Å². The van der Waals surface area contributed by atoms with E-state index >= 15 is 0 Å². The van der Waals surface area contributed by atoms with E-state index in [0.29, 0.717) is 0 Å². The molecule has 1 aromatic heterocycles. The van der Waals surface area contributed by atoms with Gasteiger partial charge in [0.05, 0.1) is 0 Å². The number of aromatic nitrogens is 1.